The summed E-state index contributed by atoms with van der Waals surface area (Å²) >= 11 is 0. The molecule has 0 amide bonds. The van der Waals surface area contributed by atoms with Gasteiger partial charge in [0.2, 0.25) is 0 Å². The van der Waals surface area contributed by atoms with Crippen molar-refractivity contribution in [1.82, 2.24) is 0 Å². The molecule has 0 heterocycles. The summed E-state index contributed by atoms with van der Waals surface area (Å²) in [6.45, 7) is 14.2. The van der Waals surface area contributed by atoms with Crippen molar-refractivity contribution in [3.05, 3.63) is 59.2 Å². The Bertz CT molecular complexity index is 831. The fourth-order valence-electron chi connectivity index (χ4n) is 3.19. The van der Waals surface area contributed by atoms with Crippen LogP contribution in [0.5, 0.6) is 17.2 Å². The second kappa shape index (κ2) is 10.9. The molecule has 0 aromatic heterocycles. The first-order valence-electron chi connectivity index (χ1n) is 10.7. The smallest absolute Gasteiger partial charge is 0.185 e. The molecule has 4 nitrogen and oxygen atoms in total. The summed E-state index contributed by atoms with van der Waals surface area (Å²) in [4.78, 5) is 12.6. The molecule has 0 radical (unpaired) electrons. The Balaban J connectivity index is 2.30. The largest absolute Gasteiger partial charge is 0.494 e. The average Bonchev–Trinajstić information content (AvgIpc) is 2.70. The quantitative estimate of drug-likeness (QED) is 0.333. The minimum absolute atomic E-state index is 0.0622. The van der Waals surface area contributed by atoms with Crippen LogP contribution in [0.4, 0.5) is 0 Å². The molecule has 2 aromatic carbocycles. The van der Waals surface area contributed by atoms with E-state index in [1.54, 1.807) is 24.3 Å². The van der Waals surface area contributed by atoms with Crippen LogP contribution in [0.25, 0.3) is 6.08 Å². The fourth-order valence-corrected chi connectivity index (χ4v) is 3.19. The molecule has 2 aromatic rings. The van der Waals surface area contributed by atoms with Gasteiger partial charge in [-0.05, 0) is 73.7 Å². The molecule has 0 fully saturated rings. The topological polar surface area (TPSA) is 44.8 Å². The van der Waals surface area contributed by atoms with Gasteiger partial charge in [-0.15, -0.1) is 0 Å². The molecular formula is C26H34O4. The Hall–Kier alpha value is -2.75. The van der Waals surface area contributed by atoms with E-state index >= 15 is 0 Å². The molecule has 0 spiro atoms. The summed E-state index contributed by atoms with van der Waals surface area (Å²) in [6, 6.07) is 11.2. The molecule has 2 rings (SSSR count). The molecule has 0 aliphatic heterocycles. The van der Waals surface area contributed by atoms with Crippen LogP contribution in [0.2, 0.25) is 0 Å². The van der Waals surface area contributed by atoms with Crippen molar-refractivity contribution in [3.8, 4) is 17.2 Å². The monoisotopic (exact) mass is 410 g/mol. The Kier molecular flexibility index (Phi) is 8.52. The number of benzene rings is 2. The van der Waals surface area contributed by atoms with Gasteiger partial charge in [-0.1, -0.05) is 33.8 Å². The van der Waals surface area contributed by atoms with Gasteiger partial charge in [-0.25, -0.2) is 0 Å². The third-order valence-electron chi connectivity index (χ3n) is 4.48. The fraction of sp³-hybridized carbons (Fsp3) is 0.423. The second-order valence-corrected chi connectivity index (χ2v) is 8.08. The number of hydrogen-bond donors (Lipinski definition) is 0. The number of carbonyl (C=O) groups excluding carboxylic acids is 1. The van der Waals surface area contributed by atoms with Crippen LogP contribution in [0, 0.1) is 0 Å². The first-order chi connectivity index (χ1) is 14.3. The highest BCUT2D eigenvalue weighted by atomic mass is 16.5. The van der Waals surface area contributed by atoms with Crippen LogP contribution < -0.4 is 14.2 Å². The Morgan fingerprint density at radius 2 is 1.47 bits per heavy atom. The van der Waals surface area contributed by atoms with E-state index in [1.807, 2.05) is 38.1 Å². The first-order valence-corrected chi connectivity index (χ1v) is 10.7. The van der Waals surface area contributed by atoms with Crippen LogP contribution >= 0.6 is 0 Å². The Morgan fingerprint density at radius 3 is 1.93 bits per heavy atom. The van der Waals surface area contributed by atoms with E-state index in [0.29, 0.717) is 25.4 Å². The zero-order valence-corrected chi connectivity index (χ0v) is 19.1. The average molecular weight is 411 g/mol. The van der Waals surface area contributed by atoms with Gasteiger partial charge in [-0.3, -0.25) is 4.79 Å². The second-order valence-electron chi connectivity index (χ2n) is 8.08. The van der Waals surface area contributed by atoms with Crippen molar-refractivity contribution >= 4 is 11.9 Å². The Labute approximate surface area is 180 Å². The predicted octanol–water partition coefficient (Wildman–Crippen LogP) is 6.47. The molecule has 0 N–H and O–H groups in total. The van der Waals surface area contributed by atoms with Crippen molar-refractivity contribution < 1.29 is 19.0 Å². The van der Waals surface area contributed by atoms with Gasteiger partial charge in [-0.2, -0.15) is 0 Å². The summed E-state index contributed by atoms with van der Waals surface area (Å²) in [5.74, 6) is 2.30. The van der Waals surface area contributed by atoms with Gasteiger partial charge in [0.25, 0.3) is 0 Å². The molecule has 30 heavy (non-hydrogen) atoms. The maximum absolute atomic E-state index is 12.6. The van der Waals surface area contributed by atoms with E-state index in [2.05, 4.69) is 27.7 Å². The van der Waals surface area contributed by atoms with E-state index < -0.39 is 0 Å². The van der Waals surface area contributed by atoms with Crippen LogP contribution in [-0.4, -0.2) is 25.6 Å². The third kappa shape index (κ3) is 6.38. The number of ketones is 1. The Morgan fingerprint density at radius 1 is 0.900 bits per heavy atom. The normalized spacial score (nSPS) is 11.5. The molecule has 0 unspecified atom stereocenters. The number of allylic oxidation sites excluding steroid dienone is 1. The van der Waals surface area contributed by atoms with Gasteiger partial charge < -0.3 is 14.2 Å². The molecule has 0 atom stereocenters. The summed E-state index contributed by atoms with van der Waals surface area (Å²) < 4.78 is 17.4. The van der Waals surface area contributed by atoms with Crippen molar-refractivity contribution in [2.24, 2.45) is 0 Å². The van der Waals surface area contributed by atoms with Gasteiger partial charge in [0.15, 0.2) is 5.78 Å². The van der Waals surface area contributed by atoms with E-state index in [4.69, 9.17) is 14.2 Å². The lowest BCUT2D eigenvalue weighted by Gasteiger charge is -2.26. The van der Waals surface area contributed by atoms with Crippen LogP contribution in [0.1, 0.15) is 69.4 Å². The van der Waals surface area contributed by atoms with E-state index in [-0.39, 0.29) is 11.2 Å². The summed E-state index contributed by atoms with van der Waals surface area (Å²) in [5.41, 5.74) is 2.40. The van der Waals surface area contributed by atoms with Gasteiger partial charge >= 0.3 is 0 Å². The SMILES string of the molecule is CCCOc1ccc(C(=O)C=Cc2cc(OCC)c(C(C)(C)C)c(OCC)c2)cc1. The lowest BCUT2D eigenvalue weighted by molar-refractivity contribution is 0.104. The van der Waals surface area contributed by atoms with Crippen molar-refractivity contribution in [3.63, 3.8) is 0 Å². The predicted molar refractivity (Wildman–Crippen MR) is 123 cm³/mol. The minimum Gasteiger partial charge on any atom is -0.494 e. The van der Waals surface area contributed by atoms with Crippen LogP contribution in [0.15, 0.2) is 42.5 Å². The van der Waals surface area contributed by atoms with Gasteiger partial charge in [0, 0.05) is 11.1 Å². The molecule has 0 bridgehead atoms. The zero-order chi connectivity index (χ0) is 22.1. The highest BCUT2D eigenvalue weighted by Gasteiger charge is 2.25. The maximum atomic E-state index is 12.6. The van der Waals surface area contributed by atoms with Crippen molar-refractivity contribution in [1.29, 1.82) is 0 Å². The van der Waals surface area contributed by atoms with E-state index in [1.165, 1.54) is 0 Å². The minimum atomic E-state index is -0.130. The van der Waals surface area contributed by atoms with Crippen LogP contribution in [0.3, 0.4) is 0 Å². The number of ether oxygens (including phenoxy) is 3. The molecule has 4 heteroatoms. The highest BCUT2D eigenvalue weighted by molar-refractivity contribution is 6.06. The molecule has 0 saturated heterocycles. The lowest BCUT2D eigenvalue weighted by Crippen LogP contribution is -2.16. The van der Waals surface area contributed by atoms with E-state index in [9.17, 15) is 4.79 Å². The summed E-state index contributed by atoms with van der Waals surface area (Å²) in [6.07, 6.45) is 4.34. The molecule has 0 aliphatic rings. The molecular weight excluding hydrogens is 376 g/mol. The van der Waals surface area contributed by atoms with Gasteiger partial charge in [0.1, 0.15) is 17.2 Å². The molecule has 0 saturated carbocycles. The lowest BCUT2D eigenvalue weighted by atomic mass is 9.84. The highest BCUT2D eigenvalue weighted by Crippen LogP contribution is 2.40. The molecule has 0 aliphatic carbocycles. The van der Waals surface area contributed by atoms with Crippen LogP contribution in [-0.2, 0) is 5.41 Å². The van der Waals surface area contributed by atoms with Gasteiger partial charge in [0.05, 0.1) is 19.8 Å². The summed E-state index contributed by atoms with van der Waals surface area (Å²) in [7, 11) is 0. The maximum Gasteiger partial charge on any atom is 0.185 e. The zero-order valence-electron chi connectivity index (χ0n) is 19.1. The number of carbonyl (C=O) groups is 1. The standard InChI is InChI=1S/C26H34O4/c1-7-16-30-21-13-11-20(12-14-21)22(27)15-10-19-17-23(28-8-2)25(26(4,5)6)24(18-19)29-9-3/h10-15,17-18H,7-9,16H2,1-6H3. The van der Waals surface area contributed by atoms with E-state index in [0.717, 1.165) is 34.8 Å². The van der Waals surface area contributed by atoms with Crippen molar-refractivity contribution in [2.45, 2.75) is 53.4 Å². The van der Waals surface area contributed by atoms with Crippen molar-refractivity contribution in [2.75, 3.05) is 19.8 Å². The molecule has 162 valence electrons. The number of rotatable bonds is 10. The summed E-state index contributed by atoms with van der Waals surface area (Å²) in [5, 5.41) is 0. The first kappa shape index (κ1) is 23.5. The number of hydrogen-bond acceptors (Lipinski definition) is 4. The third-order valence-corrected chi connectivity index (χ3v) is 4.48.